The molecule has 4 rings (SSSR count). The van der Waals surface area contributed by atoms with Crippen LogP contribution in [-0.4, -0.2) is 30.0 Å². The lowest BCUT2D eigenvalue weighted by Gasteiger charge is -2.22. The van der Waals surface area contributed by atoms with Crippen molar-refractivity contribution in [2.75, 3.05) is 13.1 Å². The smallest absolute Gasteiger partial charge is 0.243 e. The highest BCUT2D eigenvalue weighted by Crippen LogP contribution is 2.72. The number of hydrogen-bond acceptors (Lipinski definition) is 3. The van der Waals surface area contributed by atoms with Crippen LogP contribution in [-0.2, 0) is 4.79 Å². The highest BCUT2D eigenvalue weighted by Gasteiger charge is 2.73. The number of halogens is 1. The van der Waals surface area contributed by atoms with E-state index in [2.05, 4.69) is 6.07 Å². The zero-order valence-corrected chi connectivity index (χ0v) is 14.4. The van der Waals surface area contributed by atoms with Crippen molar-refractivity contribution in [2.24, 2.45) is 10.8 Å². The fourth-order valence-corrected chi connectivity index (χ4v) is 4.74. The van der Waals surface area contributed by atoms with Crippen molar-refractivity contribution in [3.63, 3.8) is 0 Å². The topological polar surface area (TPSA) is 53.3 Å². The minimum absolute atomic E-state index is 0.0100. The average molecular weight is 345 g/mol. The molecule has 0 bridgehead atoms. The van der Waals surface area contributed by atoms with Gasteiger partial charge in [-0.1, -0.05) is 24.4 Å². The molecule has 2 atom stereocenters. The van der Waals surface area contributed by atoms with Crippen LogP contribution in [0.3, 0.4) is 0 Å². The van der Waals surface area contributed by atoms with Gasteiger partial charge in [0.1, 0.15) is 17.3 Å². The van der Waals surface area contributed by atoms with E-state index in [1.54, 1.807) is 12.1 Å². The van der Waals surface area contributed by atoms with Crippen molar-refractivity contribution in [1.82, 2.24) is 4.90 Å². The Morgan fingerprint density at radius 1 is 1.29 bits per heavy atom. The lowest BCUT2D eigenvalue weighted by atomic mass is 9.91. The van der Waals surface area contributed by atoms with E-state index in [1.165, 1.54) is 0 Å². The Bertz CT molecular complexity index is 690. The second-order valence-corrected chi connectivity index (χ2v) is 7.85. The number of hydrogen-bond donors (Lipinski definition) is 0. The predicted molar refractivity (Wildman–Crippen MR) is 90.6 cm³/mol. The molecule has 3 aliphatic rings. The summed E-state index contributed by atoms with van der Waals surface area (Å²) in [5, 5.41) is 10.4. The molecular weight excluding hydrogens is 324 g/mol. The third kappa shape index (κ3) is 2.38. The Labute approximate surface area is 147 Å². The maximum atomic E-state index is 13.0. The van der Waals surface area contributed by atoms with Gasteiger partial charge in [0.2, 0.25) is 5.91 Å². The van der Waals surface area contributed by atoms with Crippen LogP contribution in [0, 0.1) is 22.2 Å². The van der Waals surface area contributed by atoms with Gasteiger partial charge in [-0.2, -0.15) is 5.26 Å². The molecule has 24 heavy (non-hydrogen) atoms. The third-order valence-electron chi connectivity index (χ3n) is 6.05. The van der Waals surface area contributed by atoms with Crippen molar-refractivity contribution in [3.05, 3.63) is 29.3 Å². The molecule has 0 aromatic heterocycles. The Balaban J connectivity index is 1.41. The summed E-state index contributed by atoms with van der Waals surface area (Å²) in [4.78, 5) is 14.8. The highest BCUT2D eigenvalue weighted by molar-refractivity contribution is 6.30. The minimum atomic E-state index is -0.751. The van der Waals surface area contributed by atoms with Gasteiger partial charge in [0, 0.05) is 23.4 Å². The van der Waals surface area contributed by atoms with Crippen LogP contribution in [0.4, 0.5) is 0 Å². The summed E-state index contributed by atoms with van der Waals surface area (Å²) in [5.74, 6) is 0.807. The van der Waals surface area contributed by atoms with E-state index in [0.717, 1.165) is 44.3 Å². The number of amides is 1. The van der Waals surface area contributed by atoms with Crippen molar-refractivity contribution in [1.29, 1.82) is 5.26 Å². The predicted octanol–water partition coefficient (Wildman–Crippen LogP) is 3.79. The number of ether oxygens (including phenoxy) is 1. The quantitative estimate of drug-likeness (QED) is 0.838. The molecule has 1 heterocycles. The summed E-state index contributed by atoms with van der Waals surface area (Å²) in [7, 11) is 0. The first-order chi connectivity index (χ1) is 11.6. The molecule has 0 N–H and O–H groups in total. The number of carbonyl (C=O) groups excluding carboxylic acids is 1. The van der Waals surface area contributed by atoms with Crippen LogP contribution in [0.1, 0.15) is 38.5 Å². The van der Waals surface area contributed by atoms with Crippen LogP contribution in [0.25, 0.3) is 0 Å². The first-order valence-corrected chi connectivity index (χ1v) is 9.09. The van der Waals surface area contributed by atoms with E-state index in [1.807, 2.05) is 17.0 Å². The number of rotatable bonds is 3. The molecule has 2 saturated carbocycles. The van der Waals surface area contributed by atoms with Crippen molar-refractivity contribution >= 4 is 17.5 Å². The standard InChI is InChI=1S/C19H21ClN2O2/c20-14-3-5-15(6-4-14)24-16-7-10-22(11-16)17(23)19(13-21)12-18(19)8-1-2-9-18/h3-6,16H,1-2,7-12H2. The Kier molecular flexibility index (Phi) is 3.73. The summed E-state index contributed by atoms with van der Waals surface area (Å²) < 4.78 is 5.96. The summed E-state index contributed by atoms with van der Waals surface area (Å²) in [6.07, 6.45) is 5.93. The molecule has 1 aromatic carbocycles. The fraction of sp³-hybridized carbons (Fsp3) is 0.579. The van der Waals surface area contributed by atoms with Crippen LogP contribution in [0.5, 0.6) is 5.75 Å². The summed E-state index contributed by atoms with van der Waals surface area (Å²) in [6, 6.07) is 9.67. The number of likely N-dealkylation sites (tertiary alicyclic amines) is 1. The van der Waals surface area contributed by atoms with Crippen LogP contribution in [0.2, 0.25) is 5.02 Å². The lowest BCUT2D eigenvalue weighted by molar-refractivity contribution is -0.135. The van der Waals surface area contributed by atoms with Crippen molar-refractivity contribution in [3.8, 4) is 11.8 Å². The monoisotopic (exact) mass is 344 g/mol. The Morgan fingerprint density at radius 3 is 2.67 bits per heavy atom. The molecule has 1 aliphatic heterocycles. The van der Waals surface area contributed by atoms with Gasteiger partial charge < -0.3 is 9.64 Å². The van der Waals surface area contributed by atoms with E-state index < -0.39 is 5.41 Å². The highest BCUT2D eigenvalue weighted by atomic mass is 35.5. The Morgan fingerprint density at radius 2 is 2.00 bits per heavy atom. The minimum Gasteiger partial charge on any atom is -0.489 e. The third-order valence-corrected chi connectivity index (χ3v) is 6.30. The molecule has 5 heteroatoms. The molecule has 4 nitrogen and oxygen atoms in total. The maximum absolute atomic E-state index is 13.0. The van der Waals surface area contributed by atoms with Gasteiger partial charge in [-0.15, -0.1) is 0 Å². The first kappa shape index (κ1) is 15.8. The average Bonchev–Trinajstić information content (AvgIpc) is 2.93. The molecule has 3 fully saturated rings. The van der Waals surface area contributed by atoms with Gasteiger partial charge in [-0.25, -0.2) is 0 Å². The molecule has 2 aliphatic carbocycles. The summed E-state index contributed by atoms with van der Waals surface area (Å²) in [5.41, 5.74) is -0.771. The van der Waals surface area contributed by atoms with E-state index in [4.69, 9.17) is 16.3 Å². The van der Waals surface area contributed by atoms with Crippen LogP contribution < -0.4 is 4.74 Å². The van der Waals surface area contributed by atoms with Gasteiger partial charge in [0.05, 0.1) is 12.6 Å². The van der Waals surface area contributed by atoms with E-state index in [0.29, 0.717) is 18.1 Å². The van der Waals surface area contributed by atoms with Crippen molar-refractivity contribution in [2.45, 2.75) is 44.6 Å². The van der Waals surface area contributed by atoms with Crippen LogP contribution in [0.15, 0.2) is 24.3 Å². The maximum Gasteiger partial charge on any atom is 0.243 e. The van der Waals surface area contributed by atoms with Gasteiger partial charge in [-0.05, 0) is 43.5 Å². The number of nitriles is 1. The SMILES string of the molecule is N#CC1(C(=O)N2CCC(Oc3ccc(Cl)cc3)C2)CC12CCCC2. The number of benzene rings is 1. The number of carbonyl (C=O) groups is 1. The zero-order valence-electron chi connectivity index (χ0n) is 13.6. The molecule has 0 radical (unpaired) electrons. The van der Waals surface area contributed by atoms with Gasteiger partial charge in [0.25, 0.3) is 0 Å². The molecule has 1 saturated heterocycles. The molecule has 1 spiro atoms. The lowest BCUT2D eigenvalue weighted by Crippen LogP contribution is -2.38. The van der Waals surface area contributed by atoms with Crippen molar-refractivity contribution < 1.29 is 9.53 Å². The van der Waals surface area contributed by atoms with E-state index in [-0.39, 0.29) is 17.4 Å². The normalized spacial score (nSPS) is 30.3. The van der Waals surface area contributed by atoms with Crippen LogP contribution >= 0.6 is 11.6 Å². The molecule has 2 unspecified atom stereocenters. The van der Waals surface area contributed by atoms with Gasteiger partial charge in [-0.3, -0.25) is 4.79 Å². The molecule has 126 valence electrons. The van der Waals surface area contributed by atoms with Gasteiger partial charge >= 0.3 is 0 Å². The molecule has 1 amide bonds. The van der Waals surface area contributed by atoms with E-state index in [9.17, 15) is 10.1 Å². The summed E-state index contributed by atoms with van der Waals surface area (Å²) >= 11 is 5.89. The second-order valence-electron chi connectivity index (χ2n) is 7.41. The molecule has 1 aromatic rings. The largest absolute Gasteiger partial charge is 0.489 e. The van der Waals surface area contributed by atoms with E-state index >= 15 is 0 Å². The first-order valence-electron chi connectivity index (χ1n) is 8.71. The Hall–Kier alpha value is -1.73. The summed E-state index contributed by atoms with van der Waals surface area (Å²) in [6.45, 7) is 1.25. The number of nitrogens with zero attached hydrogens (tertiary/aromatic N) is 2. The second kappa shape index (κ2) is 5.67. The molecular formula is C19H21ClN2O2. The van der Waals surface area contributed by atoms with Gasteiger partial charge in [0.15, 0.2) is 0 Å². The zero-order chi connectivity index (χ0) is 16.8. The fourth-order valence-electron chi connectivity index (χ4n) is 4.61.